The molecule has 0 saturated heterocycles. The Morgan fingerprint density at radius 3 is 3.18 bits per heavy atom. The lowest BCUT2D eigenvalue weighted by atomic mass is 10.2. The van der Waals surface area contributed by atoms with Gasteiger partial charge < -0.3 is 9.72 Å². The topological polar surface area (TPSA) is 42.2 Å². The van der Waals surface area contributed by atoms with Crippen molar-refractivity contribution in [2.24, 2.45) is 0 Å². The van der Waals surface area contributed by atoms with E-state index in [-0.39, 0.29) is 6.04 Å². The van der Waals surface area contributed by atoms with Gasteiger partial charge in [-0.1, -0.05) is 19.3 Å². The Bertz CT molecular complexity index is 555. The van der Waals surface area contributed by atoms with Crippen LogP contribution >= 0.6 is 15.9 Å². The second-order valence-electron chi connectivity index (χ2n) is 3.72. The third kappa shape index (κ3) is 2.59. The Hall–Kier alpha value is -1.54. The fourth-order valence-electron chi connectivity index (χ4n) is 1.65. The van der Waals surface area contributed by atoms with E-state index >= 15 is 0 Å². The van der Waals surface area contributed by atoms with Crippen molar-refractivity contribution >= 4 is 27.4 Å². The first-order valence-electron chi connectivity index (χ1n) is 5.46. The van der Waals surface area contributed by atoms with Crippen molar-refractivity contribution < 1.29 is 0 Å². The van der Waals surface area contributed by atoms with Crippen molar-refractivity contribution in [3.8, 4) is 12.3 Å². The molecule has 0 aromatic carbocycles. The lowest BCUT2D eigenvalue weighted by molar-refractivity contribution is 0.752. The summed E-state index contributed by atoms with van der Waals surface area (Å²) in [5.74, 6) is 3.43. The second kappa shape index (κ2) is 5.19. The fourth-order valence-corrected chi connectivity index (χ4v) is 2.05. The lowest BCUT2D eigenvalue weighted by Crippen LogP contribution is -2.18. The molecule has 2 rings (SSSR count). The van der Waals surface area contributed by atoms with E-state index in [2.05, 4.69) is 44.1 Å². The van der Waals surface area contributed by atoms with Gasteiger partial charge in [-0.15, -0.1) is 6.42 Å². The molecule has 2 aromatic rings. The quantitative estimate of drug-likeness (QED) is 0.881. The lowest BCUT2D eigenvalue weighted by Gasteiger charge is -2.13. The number of fused-ring (bicyclic) bond motifs is 1. The van der Waals surface area contributed by atoms with Gasteiger partial charge in [-0.2, -0.15) is 0 Å². The summed E-state index contributed by atoms with van der Waals surface area (Å²) in [7, 11) is 0. The molecule has 0 aliphatic heterocycles. The highest BCUT2D eigenvalue weighted by atomic mass is 79.9. The molecule has 1 atom stereocenters. The molecule has 0 aliphatic rings. The van der Waals surface area contributed by atoms with Gasteiger partial charge in [0.15, 0.2) is 11.5 Å². The van der Waals surface area contributed by atoms with Gasteiger partial charge in [-0.3, -0.25) is 0 Å². The van der Waals surface area contributed by atoms with Crippen LogP contribution in [0, 0.1) is 12.3 Å². The largest absolute Gasteiger partial charge is 0.353 e. The van der Waals surface area contributed by atoms with Gasteiger partial charge in [0, 0.05) is 18.6 Å². The normalized spacial score (nSPS) is 12.3. The first-order chi connectivity index (χ1) is 8.24. The number of halogens is 1. The van der Waals surface area contributed by atoms with E-state index in [1.165, 1.54) is 0 Å². The highest BCUT2D eigenvalue weighted by Crippen LogP contribution is 2.18. The van der Waals surface area contributed by atoms with Gasteiger partial charge in [-0.05, 0) is 22.4 Å². The highest BCUT2D eigenvalue weighted by molar-refractivity contribution is 9.10. The Labute approximate surface area is 109 Å². The molecular weight excluding hydrogens is 280 g/mol. The summed E-state index contributed by atoms with van der Waals surface area (Å²) >= 11 is 3.37. The molecule has 1 N–H and O–H groups in total. The van der Waals surface area contributed by atoms with Gasteiger partial charge in [0.05, 0.1) is 6.04 Å². The van der Waals surface area contributed by atoms with Crippen LogP contribution in [0.25, 0.3) is 5.65 Å². The average Bonchev–Trinajstić information content (AvgIpc) is 2.76. The number of anilines is 1. The molecule has 0 amide bonds. The molecule has 0 radical (unpaired) electrons. The minimum atomic E-state index is -0.0118. The molecule has 0 aliphatic carbocycles. The molecule has 2 aromatic heterocycles. The number of aromatic nitrogens is 3. The average molecular weight is 293 g/mol. The molecule has 88 valence electrons. The van der Waals surface area contributed by atoms with E-state index < -0.39 is 0 Å². The Morgan fingerprint density at radius 2 is 2.47 bits per heavy atom. The van der Waals surface area contributed by atoms with Crippen molar-refractivity contribution in [1.82, 2.24) is 14.4 Å². The molecule has 0 bridgehead atoms. The minimum Gasteiger partial charge on any atom is -0.353 e. The summed E-state index contributed by atoms with van der Waals surface area (Å²) < 4.78 is 2.65. The molecule has 1 unspecified atom stereocenters. The first-order valence-corrected chi connectivity index (χ1v) is 6.25. The zero-order valence-electron chi connectivity index (χ0n) is 9.52. The summed E-state index contributed by atoms with van der Waals surface area (Å²) in [6.45, 7) is 2.10. The Balaban J connectivity index is 2.34. The zero-order chi connectivity index (χ0) is 12.3. The Kier molecular flexibility index (Phi) is 3.64. The minimum absolute atomic E-state index is 0.0118. The third-order valence-corrected chi connectivity index (χ3v) is 2.82. The number of hydrogen-bond donors (Lipinski definition) is 1. The van der Waals surface area contributed by atoms with Gasteiger partial charge in [-0.25, -0.2) is 9.97 Å². The van der Waals surface area contributed by atoms with E-state index in [1.54, 1.807) is 6.20 Å². The monoisotopic (exact) mass is 292 g/mol. The molecule has 2 heterocycles. The van der Waals surface area contributed by atoms with Crippen LogP contribution in [0.1, 0.15) is 19.8 Å². The summed E-state index contributed by atoms with van der Waals surface area (Å²) in [4.78, 5) is 8.63. The van der Waals surface area contributed by atoms with E-state index in [0.29, 0.717) is 5.82 Å². The number of nitrogens with one attached hydrogen (secondary N) is 1. The van der Waals surface area contributed by atoms with Crippen molar-refractivity contribution in [1.29, 1.82) is 0 Å². The van der Waals surface area contributed by atoms with E-state index in [9.17, 15) is 0 Å². The smallest absolute Gasteiger partial charge is 0.180 e. The second-order valence-corrected chi connectivity index (χ2v) is 4.54. The van der Waals surface area contributed by atoms with Crippen molar-refractivity contribution in [3.63, 3.8) is 0 Å². The van der Waals surface area contributed by atoms with Crippen LogP contribution in [0.3, 0.4) is 0 Å². The maximum absolute atomic E-state index is 5.48. The molecule has 0 fully saturated rings. The van der Waals surface area contributed by atoms with Crippen LogP contribution in [-0.4, -0.2) is 20.4 Å². The van der Waals surface area contributed by atoms with Crippen molar-refractivity contribution in [2.45, 2.75) is 25.8 Å². The van der Waals surface area contributed by atoms with Crippen LogP contribution in [0.2, 0.25) is 0 Å². The van der Waals surface area contributed by atoms with Crippen LogP contribution in [-0.2, 0) is 0 Å². The van der Waals surface area contributed by atoms with Gasteiger partial charge in [0.1, 0.15) is 4.60 Å². The predicted octanol–water partition coefficient (Wildman–Crippen LogP) is 2.71. The van der Waals surface area contributed by atoms with Gasteiger partial charge in [0.2, 0.25) is 0 Å². The van der Waals surface area contributed by atoms with E-state index in [4.69, 9.17) is 6.42 Å². The molecular formula is C12H13BrN4. The summed E-state index contributed by atoms with van der Waals surface area (Å²) in [5, 5.41) is 3.24. The third-order valence-electron chi connectivity index (χ3n) is 2.43. The van der Waals surface area contributed by atoms with Crippen LogP contribution in [0.15, 0.2) is 23.2 Å². The molecule has 0 saturated carbocycles. The van der Waals surface area contributed by atoms with Crippen LogP contribution in [0.4, 0.5) is 5.82 Å². The standard InChI is InChI=1S/C12H13BrN4/c1-3-5-9(4-2)15-11-12-14-6-7-17(12)8-10(13)16-11/h2,6-9H,3,5H2,1H3,(H,15,16). The molecule has 4 nitrogen and oxygen atoms in total. The summed E-state index contributed by atoms with van der Waals surface area (Å²) in [6, 6.07) is -0.0118. The maximum atomic E-state index is 5.48. The number of hydrogen-bond acceptors (Lipinski definition) is 3. The Morgan fingerprint density at radius 1 is 1.65 bits per heavy atom. The van der Waals surface area contributed by atoms with Gasteiger partial charge in [0.25, 0.3) is 0 Å². The van der Waals surface area contributed by atoms with E-state index in [0.717, 1.165) is 23.1 Å². The number of nitrogens with zero attached hydrogens (tertiary/aromatic N) is 3. The van der Waals surface area contributed by atoms with Crippen LogP contribution in [0.5, 0.6) is 0 Å². The predicted molar refractivity (Wildman–Crippen MR) is 71.8 cm³/mol. The molecule has 5 heteroatoms. The molecule has 17 heavy (non-hydrogen) atoms. The first kappa shape index (κ1) is 11.9. The van der Waals surface area contributed by atoms with Gasteiger partial charge >= 0.3 is 0 Å². The molecule has 0 spiro atoms. The summed E-state index contributed by atoms with van der Waals surface area (Å²) in [5.41, 5.74) is 0.782. The SMILES string of the molecule is C#CC(CCC)Nc1nc(Br)cn2ccnc12. The van der Waals surface area contributed by atoms with Crippen molar-refractivity contribution in [3.05, 3.63) is 23.2 Å². The maximum Gasteiger partial charge on any atom is 0.180 e. The fraction of sp³-hybridized carbons (Fsp3) is 0.333. The van der Waals surface area contributed by atoms with Crippen molar-refractivity contribution in [2.75, 3.05) is 5.32 Å². The highest BCUT2D eigenvalue weighted by Gasteiger charge is 2.10. The van der Waals surface area contributed by atoms with E-state index in [1.807, 2.05) is 16.8 Å². The number of imidazole rings is 1. The number of terminal acetylenes is 1. The summed E-state index contributed by atoms with van der Waals surface area (Å²) in [6.07, 6.45) is 12.9. The van der Waals surface area contributed by atoms with Crippen LogP contribution < -0.4 is 5.32 Å². The number of rotatable bonds is 4. The zero-order valence-corrected chi connectivity index (χ0v) is 11.1.